The molecule has 0 radical (unpaired) electrons. The first-order chi connectivity index (χ1) is 22.6. The van der Waals surface area contributed by atoms with Crippen LogP contribution in [-0.4, -0.2) is 69.0 Å². The quantitative estimate of drug-likeness (QED) is 0.166. The molecule has 1 aliphatic carbocycles. The van der Waals surface area contributed by atoms with Gasteiger partial charge in [0.25, 0.3) is 12.4 Å². The number of carboxylic acid groups (broad SMARTS) is 1. The van der Waals surface area contributed by atoms with Crippen LogP contribution >= 0.6 is 11.6 Å². The summed E-state index contributed by atoms with van der Waals surface area (Å²) in [5.41, 5.74) is 2.83. The zero-order chi connectivity index (χ0) is 34.0. The lowest BCUT2D eigenvalue weighted by molar-refractivity contribution is -0.137. The van der Waals surface area contributed by atoms with Gasteiger partial charge in [0, 0.05) is 30.8 Å². The molecular formula is C34H36ClF3N2O7. The Labute approximate surface area is 275 Å². The lowest BCUT2D eigenvalue weighted by Crippen LogP contribution is -2.39. The van der Waals surface area contributed by atoms with E-state index in [-0.39, 0.29) is 42.4 Å². The van der Waals surface area contributed by atoms with Crippen molar-refractivity contribution in [1.82, 2.24) is 10.2 Å². The predicted molar refractivity (Wildman–Crippen MR) is 170 cm³/mol. The van der Waals surface area contributed by atoms with Gasteiger partial charge in [-0.25, -0.2) is 0 Å². The molecule has 2 N–H and O–H groups in total. The standard InChI is InChI=1S/C33H34ClF3N2O5.CH2O2/c1-41-26-15-21(16-27(18-26)42-2)20-39(24-6-7-24)32(40)29-19-38-12-11-28(29)22-3-8-25(9-4-22)43-13-14-44-31-10-5-23(17-30(31)34)33(35,36)37;2-1-3/h3-5,8-10,15-18,24,38H,6-7,11-14,19-20H2,1-2H3;1H,(H,2,3). The number of hydrogen-bond acceptors (Lipinski definition) is 7. The summed E-state index contributed by atoms with van der Waals surface area (Å²) < 4.78 is 60.7. The topological polar surface area (TPSA) is 107 Å². The number of hydrogen-bond donors (Lipinski definition) is 2. The Morgan fingerprint density at radius 3 is 2.19 bits per heavy atom. The van der Waals surface area contributed by atoms with Crippen LogP contribution in [0.5, 0.6) is 23.0 Å². The highest BCUT2D eigenvalue weighted by Gasteiger charge is 2.35. The Morgan fingerprint density at radius 2 is 1.62 bits per heavy atom. The van der Waals surface area contributed by atoms with Gasteiger partial charge in [0.2, 0.25) is 0 Å². The van der Waals surface area contributed by atoms with Crippen LogP contribution in [0, 0.1) is 0 Å². The molecule has 0 saturated heterocycles. The second-order valence-corrected chi connectivity index (χ2v) is 11.1. The minimum atomic E-state index is -4.47. The van der Waals surface area contributed by atoms with E-state index in [2.05, 4.69) is 5.32 Å². The minimum Gasteiger partial charge on any atom is -0.497 e. The molecule has 13 heteroatoms. The number of benzene rings is 3. The SMILES string of the molecule is COc1cc(CN(C(=O)C2=C(c3ccc(OCCOc4ccc(C(F)(F)F)cc4Cl)cc3)CCNC2)C2CC2)cc(OC)c1.O=CO. The van der Waals surface area contributed by atoms with Crippen molar-refractivity contribution in [3.63, 3.8) is 0 Å². The second kappa shape index (κ2) is 16.4. The third-order valence-electron chi connectivity index (χ3n) is 7.56. The minimum absolute atomic E-state index is 0.0240. The molecule has 252 valence electrons. The first kappa shape index (κ1) is 35.4. The number of alkyl halides is 3. The van der Waals surface area contributed by atoms with E-state index in [9.17, 15) is 18.0 Å². The number of nitrogens with one attached hydrogen (secondary N) is 1. The molecule has 47 heavy (non-hydrogen) atoms. The Kier molecular flexibility index (Phi) is 12.4. The van der Waals surface area contributed by atoms with Gasteiger partial charge in [-0.15, -0.1) is 0 Å². The van der Waals surface area contributed by atoms with Gasteiger partial charge in [0.05, 0.1) is 24.8 Å². The van der Waals surface area contributed by atoms with E-state index < -0.39 is 11.7 Å². The molecule has 1 saturated carbocycles. The van der Waals surface area contributed by atoms with E-state index in [1.807, 2.05) is 47.4 Å². The highest BCUT2D eigenvalue weighted by Crippen LogP contribution is 2.36. The van der Waals surface area contributed by atoms with Crippen LogP contribution in [0.15, 0.2) is 66.2 Å². The fraction of sp³-hybridized carbons (Fsp3) is 0.353. The maximum absolute atomic E-state index is 14.0. The van der Waals surface area contributed by atoms with Gasteiger partial charge in [-0.1, -0.05) is 23.7 Å². The average molecular weight is 677 g/mol. The third kappa shape index (κ3) is 9.79. The average Bonchev–Trinajstić information content (AvgIpc) is 3.91. The van der Waals surface area contributed by atoms with E-state index in [4.69, 9.17) is 40.4 Å². The van der Waals surface area contributed by atoms with Crippen LogP contribution in [0.25, 0.3) is 5.57 Å². The molecule has 3 aromatic rings. The highest BCUT2D eigenvalue weighted by atomic mass is 35.5. The van der Waals surface area contributed by atoms with Crippen molar-refractivity contribution in [1.29, 1.82) is 0 Å². The van der Waals surface area contributed by atoms with Crippen LogP contribution in [0.3, 0.4) is 0 Å². The highest BCUT2D eigenvalue weighted by molar-refractivity contribution is 6.32. The van der Waals surface area contributed by atoms with Crippen LogP contribution in [0.1, 0.15) is 36.0 Å². The van der Waals surface area contributed by atoms with Gasteiger partial charge in [0.1, 0.15) is 36.2 Å². The zero-order valence-electron chi connectivity index (χ0n) is 25.9. The number of nitrogens with zero attached hydrogens (tertiary/aromatic N) is 1. The van der Waals surface area contributed by atoms with Crippen LogP contribution in [0.2, 0.25) is 5.02 Å². The third-order valence-corrected chi connectivity index (χ3v) is 7.86. The first-order valence-electron chi connectivity index (χ1n) is 14.8. The van der Waals surface area contributed by atoms with E-state index in [1.165, 1.54) is 6.07 Å². The molecule has 1 amide bonds. The lowest BCUT2D eigenvalue weighted by atomic mass is 9.93. The second-order valence-electron chi connectivity index (χ2n) is 10.7. The molecule has 1 fully saturated rings. The summed E-state index contributed by atoms with van der Waals surface area (Å²) in [6, 6.07) is 16.4. The first-order valence-corrected chi connectivity index (χ1v) is 15.2. The number of carbonyl (C=O) groups is 2. The lowest BCUT2D eigenvalue weighted by Gasteiger charge is -2.28. The van der Waals surface area contributed by atoms with Crippen molar-refractivity contribution in [2.24, 2.45) is 0 Å². The van der Waals surface area contributed by atoms with Gasteiger partial charge in [-0.2, -0.15) is 13.2 Å². The van der Waals surface area contributed by atoms with Gasteiger partial charge in [-0.05, 0) is 85.0 Å². The van der Waals surface area contributed by atoms with Crippen molar-refractivity contribution in [3.05, 3.63) is 87.9 Å². The number of carbonyl (C=O) groups excluding carboxylic acids is 1. The number of rotatable bonds is 12. The molecule has 0 spiro atoms. The Balaban J connectivity index is 0.00000160. The Hall–Kier alpha value is -4.42. The molecule has 0 atom stereocenters. The predicted octanol–water partition coefficient (Wildman–Crippen LogP) is 6.47. The van der Waals surface area contributed by atoms with Gasteiger partial charge in [-0.3, -0.25) is 9.59 Å². The number of amides is 1. The molecule has 0 bridgehead atoms. The van der Waals surface area contributed by atoms with Crippen molar-refractivity contribution in [2.45, 2.75) is 38.0 Å². The van der Waals surface area contributed by atoms with Crippen LogP contribution < -0.4 is 24.3 Å². The molecule has 0 unspecified atom stereocenters. The molecule has 0 aromatic heterocycles. The monoisotopic (exact) mass is 676 g/mol. The van der Waals surface area contributed by atoms with Crippen molar-refractivity contribution >= 4 is 29.6 Å². The summed E-state index contributed by atoms with van der Waals surface area (Å²) in [7, 11) is 3.22. The van der Waals surface area contributed by atoms with Gasteiger partial charge < -0.3 is 34.3 Å². The van der Waals surface area contributed by atoms with E-state index in [0.29, 0.717) is 36.8 Å². The molecule has 3 aromatic carbocycles. The summed E-state index contributed by atoms with van der Waals surface area (Å²) in [6.07, 6.45) is -1.81. The molecular weight excluding hydrogens is 641 g/mol. The van der Waals surface area contributed by atoms with Crippen LogP contribution in [-0.2, 0) is 22.3 Å². The van der Waals surface area contributed by atoms with Gasteiger partial charge >= 0.3 is 6.18 Å². The summed E-state index contributed by atoms with van der Waals surface area (Å²) in [5, 5.41) is 10.1. The fourth-order valence-corrected chi connectivity index (χ4v) is 5.38. The molecule has 1 heterocycles. The van der Waals surface area contributed by atoms with Crippen molar-refractivity contribution in [2.75, 3.05) is 40.5 Å². The Bertz CT molecular complexity index is 1540. The molecule has 2 aliphatic rings. The maximum Gasteiger partial charge on any atom is 0.416 e. The Morgan fingerprint density at radius 1 is 0.979 bits per heavy atom. The normalized spacial score (nSPS) is 14.4. The van der Waals surface area contributed by atoms with Crippen molar-refractivity contribution < 1.29 is 46.8 Å². The number of ether oxygens (including phenoxy) is 4. The summed E-state index contributed by atoms with van der Waals surface area (Å²) >= 11 is 5.95. The fourth-order valence-electron chi connectivity index (χ4n) is 5.15. The summed E-state index contributed by atoms with van der Waals surface area (Å²) in [5.74, 6) is 2.14. The van der Waals surface area contributed by atoms with E-state index >= 15 is 0 Å². The smallest absolute Gasteiger partial charge is 0.416 e. The molecule has 1 aliphatic heterocycles. The summed E-state index contributed by atoms with van der Waals surface area (Å²) in [4.78, 5) is 24.3. The molecule has 9 nitrogen and oxygen atoms in total. The van der Waals surface area contributed by atoms with E-state index in [1.54, 1.807) is 14.2 Å². The molecule has 5 rings (SSSR count). The number of halogens is 4. The van der Waals surface area contributed by atoms with Crippen LogP contribution in [0.4, 0.5) is 13.2 Å². The van der Waals surface area contributed by atoms with E-state index in [0.717, 1.165) is 53.8 Å². The maximum atomic E-state index is 14.0. The van der Waals surface area contributed by atoms with Gasteiger partial charge in [0.15, 0.2) is 0 Å². The largest absolute Gasteiger partial charge is 0.497 e. The van der Waals surface area contributed by atoms with Crippen molar-refractivity contribution in [3.8, 4) is 23.0 Å². The zero-order valence-corrected chi connectivity index (χ0v) is 26.7. The summed E-state index contributed by atoms with van der Waals surface area (Å²) in [6.45, 7) is 1.73. The number of methoxy groups -OCH3 is 2.